The van der Waals surface area contributed by atoms with Gasteiger partial charge in [-0.1, -0.05) is 17.7 Å². The second kappa shape index (κ2) is 12.9. The summed E-state index contributed by atoms with van der Waals surface area (Å²) in [5.41, 5.74) is 0.441. The summed E-state index contributed by atoms with van der Waals surface area (Å²) in [7, 11) is 0. The van der Waals surface area contributed by atoms with Crippen LogP contribution in [0.25, 0.3) is 0 Å². The van der Waals surface area contributed by atoms with Crippen molar-refractivity contribution in [1.29, 1.82) is 0 Å². The van der Waals surface area contributed by atoms with E-state index in [4.69, 9.17) is 11.6 Å². The Hall–Kier alpha value is -2.47. The Morgan fingerprint density at radius 3 is 2.46 bits per heavy atom. The van der Waals surface area contributed by atoms with E-state index in [-0.39, 0.29) is 18.7 Å². The van der Waals surface area contributed by atoms with Gasteiger partial charge in [0.05, 0.1) is 29.5 Å². The van der Waals surface area contributed by atoms with Gasteiger partial charge >= 0.3 is 6.18 Å². The van der Waals surface area contributed by atoms with Crippen LogP contribution in [0.4, 0.5) is 33.3 Å². The molecule has 0 aliphatic carbocycles. The highest BCUT2D eigenvalue weighted by Gasteiger charge is 2.29. The first kappa shape index (κ1) is 29.1. The molecule has 12 heteroatoms. The highest BCUT2D eigenvalue weighted by molar-refractivity contribution is 6.31. The van der Waals surface area contributed by atoms with Crippen LogP contribution in [0.3, 0.4) is 0 Å². The number of amides is 1. The van der Waals surface area contributed by atoms with Crippen molar-refractivity contribution in [3.63, 3.8) is 0 Å². The van der Waals surface area contributed by atoms with Crippen molar-refractivity contribution in [1.82, 2.24) is 10.2 Å². The number of halogens is 6. The fourth-order valence-electron chi connectivity index (χ4n) is 3.99. The lowest BCUT2D eigenvalue weighted by Gasteiger charge is -2.37. The summed E-state index contributed by atoms with van der Waals surface area (Å²) in [6.07, 6.45) is -5.17. The number of nitrogens with zero attached hydrogens (tertiary/aromatic N) is 2. The predicted octanol–water partition coefficient (Wildman–Crippen LogP) is 4.81. The Kier molecular flexibility index (Phi) is 10.1. The minimum atomic E-state index is -4.22. The molecule has 2 aromatic carbocycles. The Balaban J connectivity index is 1.67. The van der Waals surface area contributed by atoms with Crippen LogP contribution in [0.5, 0.6) is 0 Å². The van der Waals surface area contributed by atoms with Crippen LogP contribution in [0, 0.1) is 11.6 Å². The number of hydrogen-bond donors (Lipinski definition) is 3. The largest absolute Gasteiger partial charge is 0.393 e. The third kappa shape index (κ3) is 8.53. The van der Waals surface area contributed by atoms with Gasteiger partial charge in [-0.05, 0) is 44.2 Å². The Bertz CT molecular complexity index is 1080. The van der Waals surface area contributed by atoms with Gasteiger partial charge in [0, 0.05) is 49.9 Å². The molecular weight excluding hydrogens is 519 g/mol. The molecule has 0 bridgehead atoms. The lowest BCUT2D eigenvalue weighted by atomic mass is 10.1. The zero-order valence-corrected chi connectivity index (χ0v) is 21.1. The highest BCUT2D eigenvalue weighted by Crippen LogP contribution is 2.31. The number of carbonyl (C=O) groups excluding carboxylic acids is 1. The van der Waals surface area contributed by atoms with Gasteiger partial charge in [-0.15, -0.1) is 0 Å². The van der Waals surface area contributed by atoms with E-state index >= 15 is 0 Å². The van der Waals surface area contributed by atoms with Crippen LogP contribution in [-0.4, -0.2) is 67.5 Å². The van der Waals surface area contributed by atoms with Gasteiger partial charge in [-0.25, -0.2) is 8.78 Å². The van der Waals surface area contributed by atoms with Gasteiger partial charge in [-0.3, -0.25) is 9.69 Å². The van der Waals surface area contributed by atoms with Crippen molar-refractivity contribution in [2.45, 2.75) is 38.6 Å². The first-order chi connectivity index (χ1) is 17.4. The summed E-state index contributed by atoms with van der Waals surface area (Å²) in [6, 6.07) is 7.22. The van der Waals surface area contributed by atoms with E-state index in [1.54, 1.807) is 30.0 Å². The van der Waals surface area contributed by atoms with Gasteiger partial charge in [-0.2, -0.15) is 13.2 Å². The summed E-state index contributed by atoms with van der Waals surface area (Å²) in [6.45, 7) is 3.57. The van der Waals surface area contributed by atoms with Crippen molar-refractivity contribution in [2.24, 2.45) is 0 Å². The number of benzene rings is 2. The lowest BCUT2D eigenvalue weighted by molar-refractivity contribution is -0.138. The topological polar surface area (TPSA) is 67.8 Å². The smallest absolute Gasteiger partial charge is 0.390 e. The van der Waals surface area contributed by atoms with Crippen LogP contribution in [0.15, 0.2) is 30.3 Å². The monoisotopic (exact) mass is 548 g/mol. The molecule has 1 heterocycles. The molecule has 1 unspecified atom stereocenters. The van der Waals surface area contributed by atoms with E-state index in [0.717, 1.165) is 0 Å². The molecule has 1 amide bonds. The maximum Gasteiger partial charge on any atom is 0.390 e. The first-order valence-corrected chi connectivity index (χ1v) is 12.3. The Morgan fingerprint density at radius 2 is 1.81 bits per heavy atom. The van der Waals surface area contributed by atoms with Gasteiger partial charge in [0.2, 0.25) is 0 Å². The molecular formula is C25H30ClF5N4O2. The summed E-state index contributed by atoms with van der Waals surface area (Å²) in [5.74, 6) is -3.26. The number of piperazine rings is 1. The maximum absolute atomic E-state index is 14.8. The standard InChI is InChI=1S/C25H30ClF5N4O2/c1-16(36)6-8-32-15-17-2-4-19(23(28)22(17)27)24(37)33-20-5-3-18(26)14-21(20)35-12-10-34(11-13-35)9-7-25(29,30)31/h2-5,14,16,32,36H,6-13,15H2,1H3,(H,33,37). The molecule has 1 fully saturated rings. The van der Waals surface area contributed by atoms with Crippen LogP contribution in [-0.2, 0) is 6.54 Å². The Labute approximate surface area is 217 Å². The molecule has 2 aromatic rings. The van der Waals surface area contributed by atoms with Gasteiger partial charge in [0.25, 0.3) is 5.91 Å². The molecule has 1 saturated heterocycles. The molecule has 1 atom stereocenters. The van der Waals surface area contributed by atoms with Gasteiger partial charge < -0.3 is 20.6 Å². The molecule has 3 N–H and O–H groups in total. The molecule has 0 spiro atoms. The molecule has 204 valence electrons. The molecule has 0 radical (unpaired) electrons. The molecule has 3 rings (SSSR count). The van der Waals surface area contributed by atoms with E-state index < -0.39 is 41.8 Å². The molecule has 37 heavy (non-hydrogen) atoms. The number of rotatable bonds is 10. The average Bonchev–Trinajstić information content (AvgIpc) is 2.84. The summed E-state index contributed by atoms with van der Waals surface area (Å²) in [4.78, 5) is 16.5. The fourth-order valence-corrected chi connectivity index (χ4v) is 4.16. The minimum Gasteiger partial charge on any atom is -0.393 e. The van der Waals surface area contributed by atoms with Crippen LogP contribution in [0.2, 0.25) is 5.02 Å². The number of anilines is 2. The zero-order chi connectivity index (χ0) is 27.2. The quantitative estimate of drug-likeness (QED) is 0.294. The average molecular weight is 549 g/mol. The molecule has 0 saturated carbocycles. The van der Waals surface area contributed by atoms with Crippen LogP contribution >= 0.6 is 11.6 Å². The minimum absolute atomic E-state index is 0.0354. The van der Waals surface area contributed by atoms with Crippen molar-refractivity contribution < 1.29 is 31.9 Å². The first-order valence-electron chi connectivity index (χ1n) is 11.9. The summed E-state index contributed by atoms with van der Waals surface area (Å²) < 4.78 is 66.9. The van der Waals surface area contributed by atoms with E-state index in [1.165, 1.54) is 12.1 Å². The fraction of sp³-hybridized carbons (Fsp3) is 0.480. The number of carbonyl (C=O) groups is 1. The van der Waals surface area contributed by atoms with Gasteiger partial charge in [0.1, 0.15) is 0 Å². The van der Waals surface area contributed by atoms with Crippen molar-refractivity contribution in [3.05, 3.63) is 58.1 Å². The van der Waals surface area contributed by atoms with Crippen molar-refractivity contribution in [3.8, 4) is 0 Å². The van der Waals surface area contributed by atoms with Crippen molar-refractivity contribution >= 4 is 28.9 Å². The van der Waals surface area contributed by atoms with Crippen LogP contribution in [0.1, 0.15) is 35.7 Å². The second-order valence-electron chi connectivity index (χ2n) is 9.02. The zero-order valence-electron chi connectivity index (χ0n) is 20.3. The molecule has 0 aromatic heterocycles. The third-order valence-corrected chi connectivity index (χ3v) is 6.33. The van der Waals surface area contributed by atoms with E-state index in [0.29, 0.717) is 55.5 Å². The van der Waals surface area contributed by atoms with E-state index in [1.807, 2.05) is 4.90 Å². The predicted molar refractivity (Wildman–Crippen MR) is 133 cm³/mol. The number of aliphatic hydroxyl groups is 1. The van der Waals surface area contributed by atoms with Gasteiger partial charge in [0.15, 0.2) is 11.6 Å². The van der Waals surface area contributed by atoms with E-state index in [2.05, 4.69) is 10.6 Å². The Morgan fingerprint density at radius 1 is 1.11 bits per heavy atom. The highest BCUT2D eigenvalue weighted by atomic mass is 35.5. The molecule has 1 aliphatic heterocycles. The van der Waals surface area contributed by atoms with Crippen molar-refractivity contribution in [2.75, 3.05) is 49.5 Å². The van der Waals surface area contributed by atoms with Crippen LogP contribution < -0.4 is 15.5 Å². The number of hydrogen-bond acceptors (Lipinski definition) is 5. The number of alkyl halides is 3. The summed E-state index contributed by atoms with van der Waals surface area (Å²) in [5, 5.41) is 15.2. The third-order valence-electron chi connectivity index (χ3n) is 6.09. The molecule has 1 aliphatic rings. The normalized spacial score (nSPS) is 15.6. The second-order valence-corrected chi connectivity index (χ2v) is 9.46. The summed E-state index contributed by atoms with van der Waals surface area (Å²) >= 11 is 6.15. The van der Waals surface area contributed by atoms with E-state index in [9.17, 15) is 31.9 Å². The lowest BCUT2D eigenvalue weighted by Crippen LogP contribution is -2.47. The number of aliphatic hydroxyl groups excluding tert-OH is 1. The SMILES string of the molecule is CC(O)CCNCc1ccc(C(=O)Nc2ccc(Cl)cc2N2CCN(CCC(F)(F)F)CC2)c(F)c1F. The maximum atomic E-state index is 14.8. The number of nitrogens with one attached hydrogen (secondary N) is 2. The molecule has 6 nitrogen and oxygen atoms in total.